The third-order valence-corrected chi connectivity index (χ3v) is 6.48. The summed E-state index contributed by atoms with van der Waals surface area (Å²) in [6.07, 6.45) is 6.03. The fraction of sp³-hybridized carbons (Fsp3) is 0.348. The van der Waals surface area contributed by atoms with Crippen LogP contribution in [0.3, 0.4) is 0 Å². The van der Waals surface area contributed by atoms with E-state index in [1.54, 1.807) is 37.3 Å². The van der Waals surface area contributed by atoms with Gasteiger partial charge in [-0.15, -0.1) is 11.3 Å². The molecule has 0 unspecified atom stereocenters. The molecule has 0 saturated heterocycles. The summed E-state index contributed by atoms with van der Waals surface area (Å²) in [5.74, 6) is -1.07. The molecule has 1 aliphatic carbocycles. The zero-order chi connectivity index (χ0) is 21.1. The number of anilines is 1. The van der Waals surface area contributed by atoms with Gasteiger partial charge in [0.05, 0.1) is 17.6 Å². The zero-order valence-corrected chi connectivity index (χ0v) is 17.6. The number of thiophene rings is 1. The number of fused-ring (bicyclic) bond motifs is 2. The van der Waals surface area contributed by atoms with Crippen LogP contribution in [0.15, 0.2) is 39.5 Å². The molecule has 0 fully saturated rings. The lowest BCUT2D eigenvalue weighted by molar-refractivity contribution is 0.0526. The van der Waals surface area contributed by atoms with E-state index in [-0.39, 0.29) is 12.4 Å². The Morgan fingerprint density at radius 3 is 2.70 bits per heavy atom. The number of hydrogen-bond acceptors (Lipinski definition) is 6. The highest BCUT2D eigenvalue weighted by atomic mass is 32.1. The minimum Gasteiger partial charge on any atom is -0.462 e. The molecule has 1 amide bonds. The van der Waals surface area contributed by atoms with E-state index in [4.69, 9.17) is 9.15 Å². The van der Waals surface area contributed by atoms with Gasteiger partial charge in [0.1, 0.15) is 5.00 Å². The van der Waals surface area contributed by atoms with Crippen LogP contribution in [0.25, 0.3) is 10.8 Å². The van der Waals surface area contributed by atoms with Gasteiger partial charge < -0.3 is 14.5 Å². The molecule has 1 aromatic carbocycles. The predicted molar refractivity (Wildman–Crippen MR) is 117 cm³/mol. The molecule has 4 rings (SSSR count). The first kappa shape index (κ1) is 20.3. The summed E-state index contributed by atoms with van der Waals surface area (Å²) in [7, 11) is 0. The van der Waals surface area contributed by atoms with Gasteiger partial charge in [-0.05, 0) is 55.7 Å². The second kappa shape index (κ2) is 8.83. The number of nitrogens with one attached hydrogen (secondary N) is 1. The number of rotatable bonds is 4. The zero-order valence-electron chi connectivity index (χ0n) is 16.8. The SMILES string of the molecule is CCOC(=O)c1c(NC(=O)c2cc3ccccc3c(=O)o2)sc2c1CCCCCC2. The normalized spacial score (nSPS) is 13.9. The van der Waals surface area contributed by atoms with Crippen LogP contribution in [0.2, 0.25) is 0 Å². The Morgan fingerprint density at radius 1 is 1.13 bits per heavy atom. The van der Waals surface area contributed by atoms with Gasteiger partial charge >= 0.3 is 11.6 Å². The number of carbonyl (C=O) groups excluding carboxylic acids is 2. The molecule has 6 nitrogen and oxygen atoms in total. The van der Waals surface area contributed by atoms with Gasteiger partial charge in [0.2, 0.25) is 0 Å². The Kier molecular flexibility index (Phi) is 5.99. The van der Waals surface area contributed by atoms with Gasteiger partial charge in [-0.3, -0.25) is 4.79 Å². The number of aryl methyl sites for hydroxylation is 1. The van der Waals surface area contributed by atoms with E-state index in [1.807, 2.05) is 0 Å². The maximum absolute atomic E-state index is 12.9. The van der Waals surface area contributed by atoms with E-state index < -0.39 is 17.5 Å². The summed E-state index contributed by atoms with van der Waals surface area (Å²) >= 11 is 1.42. The van der Waals surface area contributed by atoms with E-state index >= 15 is 0 Å². The van der Waals surface area contributed by atoms with Crippen molar-refractivity contribution in [1.82, 2.24) is 0 Å². The van der Waals surface area contributed by atoms with E-state index in [1.165, 1.54) is 11.3 Å². The quantitative estimate of drug-likeness (QED) is 0.598. The highest BCUT2D eigenvalue weighted by Gasteiger charge is 2.27. The smallest absolute Gasteiger partial charge is 0.344 e. The lowest BCUT2D eigenvalue weighted by atomic mass is 9.96. The molecule has 30 heavy (non-hydrogen) atoms. The number of carbonyl (C=O) groups is 2. The van der Waals surface area contributed by atoms with Gasteiger partial charge in [0.25, 0.3) is 5.91 Å². The van der Waals surface area contributed by atoms with Crippen LogP contribution in [0.1, 0.15) is 64.0 Å². The Morgan fingerprint density at radius 2 is 1.90 bits per heavy atom. The average Bonchev–Trinajstić information content (AvgIpc) is 3.04. The van der Waals surface area contributed by atoms with E-state index in [9.17, 15) is 14.4 Å². The van der Waals surface area contributed by atoms with Crippen molar-refractivity contribution in [3.63, 3.8) is 0 Å². The van der Waals surface area contributed by atoms with E-state index in [2.05, 4.69) is 5.32 Å². The first-order valence-electron chi connectivity index (χ1n) is 10.2. The van der Waals surface area contributed by atoms with Crippen molar-refractivity contribution in [2.45, 2.75) is 45.4 Å². The molecular formula is C23H23NO5S. The molecule has 1 aliphatic rings. The van der Waals surface area contributed by atoms with Gasteiger partial charge in [-0.1, -0.05) is 31.0 Å². The maximum Gasteiger partial charge on any atom is 0.344 e. The average molecular weight is 426 g/mol. The summed E-state index contributed by atoms with van der Waals surface area (Å²) in [5, 5.41) is 4.31. The van der Waals surface area contributed by atoms with Crippen molar-refractivity contribution in [2.75, 3.05) is 11.9 Å². The Balaban J connectivity index is 1.71. The van der Waals surface area contributed by atoms with Gasteiger partial charge in [-0.25, -0.2) is 9.59 Å². The Bertz CT molecular complexity index is 1160. The first-order valence-corrected chi connectivity index (χ1v) is 11.1. The largest absolute Gasteiger partial charge is 0.462 e. The predicted octanol–water partition coefficient (Wildman–Crippen LogP) is 4.94. The van der Waals surface area contributed by atoms with Gasteiger partial charge in [0.15, 0.2) is 5.76 Å². The third-order valence-electron chi connectivity index (χ3n) is 5.27. The maximum atomic E-state index is 12.9. The number of amides is 1. The summed E-state index contributed by atoms with van der Waals surface area (Å²) in [5.41, 5.74) is 0.853. The molecular weight excluding hydrogens is 402 g/mol. The first-order chi connectivity index (χ1) is 14.6. The standard InChI is InChI=1S/C23H23NO5S/c1-2-28-23(27)19-16-11-5-3-4-6-12-18(16)30-21(19)24-20(25)17-13-14-9-7-8-10-15(14)22(26)29-17/h7-10,13H,2-6,11-12H2,1H3,(H,24,25). The molecule has 0 aliphatic heterocycles. The number of esters is 1. The highest BCUT2D eigenvalue weighted by Crippen LogP contribution is 2.37. The van der Waals surface area contributed by atoms with Crippen LogP contribution in [0.5, 0.6) is 0 Å². The van der Waals surface area contributed by atoms with Crippen molar-refractivity contribution in [2.24, 2.45) is 0 Å². The molecule has 0 atom stereocenters. The van der Waals surface area contributed by atoms with Crippen LogP contribution in [-0.4, -0.2) is 18.5 Å². The lowest BCUT2D eigenvalue weighted by Crippen LogP contribution is -2.17. The molecule has 0 saturated carbocycles. The second-order valence-electron chi connectivity index (χ2n) is 7.28. The van der Waals surface area contributed by atoms with Crippen LogP contribution >= 0.6 is 11.3 Å². The second-order valence-corrected chi connectivity index (χ2v) is 8.39. The summed E-state index contributed by atoms with van der Waals surface area (Å²) in [6, 6.07) is 8.48. The Hall–Kier alpha value is -2.93. The molecule has 2 aromatic heterocycles. The van der Waals surface area contributed by atoms with Gasteiger partial charge in [-0.2, -0.15) is 0 Å². The number of hydrogen-bond donors (Lipinski definition) is 1. The summed E-state index contributed by atoms with van der Waals surface area (Å²) in [4.78, 5) is 39.0. The van der Waals surface area contributed by atoms with Crippen molar-refractivity contribution >= 4 is 39.0 Å². The van der Waals surface area contributed by atoms with Crippen molar-refractivity contribution in [3.05, 3.63) is 62.5 Å². The molecule has 0 bridgehead atoms. The summed E-state index contributed by atoms with van der Waals surface area (Å²) in [6.45, 7) is 2.02. The Labute approximate surface area is 177 Å². The topological polar surface area (TPSA) is 85.6 Å². The molecule has 2 heterocycles. The van der Waals surface area contributed by atoms with Crippen LogP contribution in [0, 0.1) is 0 Å². The fourth-order valence-electron chi connectivity index (χ4n) is 3.84. The highest BCUT2D eigenvalue weighted by molar-refractivity contribution is 7.17. The van der Waals surface area contributed by atoms with Crippen LogP contribution < -0.4 is 10.9 Å². The fourth-order valence-corrected chi connectivity index (χ4v) is 5.11. The monoisotopic (exact) mass is 425 g/mol. The van der Waals surface area contributed by atoms with Crippen LogP contribution in [-0.2, 0) is 17.6 Å². The van der Waals surface area contributed by atoms with Crippen molar-refractivity contribution in [1.29, 1.82) is 0 Å². The minimum atomic E-state index is -0.567. The van der Waals surface area contributed by atoms with E-state index in [0.717, 1.165) is 49.0 Å². The van der Waals surface area contributed by atoms with Crippen molar-refractivity contribution in [3.8, 4) is 0 Å². The minimum absolute atomic E-state index is 0.0886. The molecule has 7 heteroatoms. The third kappa shape index (κ3) is 4.03. The summed E-state index contributed by atoms with van der Waals surface area (Å²) < 4.78 is 10.5. The van der Waals surface area contributed by atoms with E-state index in [0.29, 0.717) is 21.3 Å². The molecule has 0 radical (unpaired) electrons. The molecule has 3 aromatic rings. The number of ether oxygens (including phenoxy) is 1. The molecule has 1 N–H and O–H groups in total. The van der Waals surface area contributed by atoms with Crippen molar-refractivity contribution < 1.29 is 18.7 Å². The molecule has 156 valence electrons. The van der Waals surface area contributed by atoms with Crippen LogP contribution in [0.4, 0.5) is 5.00 Å². The van der Waals surface area contributed by atoms with Gasteiger partial charge in [0, 0.05) is 4.88 Å². The lowest BCUT2D eigenvalue weighted by Gasteiger charge is -2.11. The molecule has 0 spiro atoms. The number of benzene rings is 1.